The molecule has 0 spiro atoms. The second-order valence-corrected chi connectivity index (χ2v) is 7.02. The van der Waals surface area contributed by atoms with Crippen LogP contribution in [-0.2, 0) is 9.53 Å². The third-order valence-electron chi connectivity index (χ3n) is 5.35. The molecule has 0 radical (unpaired) electrons. The Morgan fingerprint density at radius 1 is 1.17 bits per heavy atom. The summed E-state index contributed by atoms with van der Waals surface area (Å²) >= 11 is 0. The molecule has 7 heteroatoms. The molecule has 0 saturated carbocycles. The summed E-state index contributed by atoms with van der Waals surface area (Å²) in [4.78, 5) is 29.4. The molecule has 6 nitrogen and oxygen atoms in total. The van der Waals surface area contributed by atoms with E-state index in [0.29, 0.717) is 12.3 Å². The van der Waals surface area contributed by atoms with E-state index < -0.39 is 6.04 Å². The van der Waals surface area contributed by atoms with Gasteiger partial charge in [0.25, 0.3) is 0 Å². The highest BCUT2D eigenvalue weighted by molar-refractivity contribution is 5.96. The molecule has 1 fully saturated rings. The van der Waals surface area contributed by atoms with Crippen molar-refractivity contribution in [2.24, 2.45) is 5.73 Å². The zero-order valence-electron chi connectivity index (χ0n) is 16.1. The Hall–Kier alpha value is -2.99. The average molecular weight is 414 g/mol. The van der Waals surface area contributed by atoms with E-state index >= 15 is 0 Å². The van der Waals surface area contributed by atoms with Gasteiger partial charge in [0.05, 0.1) is 6.61 Å². The SMILES string of the molecule is CCOC(=O)c1cc2cc(N3CCC(c4ccccc4)C3C(N)=O)ccc2[nH]1.Cl. The third-order valence-corrected chi connectivity index (χ3v) is 5.35. The first kappa shape index (κ1) is 20.7. The Balaban J connectivity index is 0.00000240. The van der Waals surface area contributed by atoms with Gasteiger partial charge in [-0.3, -0.25) is 4.79 Å². The highest BCUT2D eigenvalue weighted by Gasteiger charge is 2.39. The summed E-state index contributed by atoms with van der Waals surface area (Å²) in [5.41, 5.74) is 9.11. The number of aromatic nitrogens is 1. The number of amides is 1. The zero-order valence-corrected chi connectivity index (χ0v) is 16.9. The van der Waals surface area contributed by atoms with Crippen LogP contribution in [0.4, 0.5) is 5.69 Å². The summed E-state index contributed by atoms with van der Waals surface area (Å²) in [6.45, 7) is 2.85. The number of ether oxygens (including phenoxy) is 1. The molecule has 29 heavy (non-hydrogen) atoms. The van der Waals surface area contributed by atoms with Gasteiger partial charge in [0.15, 0.2) is 0 Å². The van der Waals surface area contributed by atoms with Crippen LogP contribution in [0.5, 0.6) is 0 Å². The Labute approximate surface area is 175 Å². The first-order chi connectivity index (χ1) is 13.6. The Morgan fingerprint density at radius 3 is 2.62 bits per heavy atom. The molecule has 1 amide bonds. The predicted molar refractivity (Wildman–Crippen MR) is 116 cm³/mol. The number of nitrogens with zero attached hydrogens (tertiary/aromatic N) is 1. The average Bonchev–Trinajstić information content (AvgIpc) is 3.32. The van der Waals surface area contributed by atoms with Crippen LogP contribution in [0.1, 0.15) is 35.3 Å². The number of carbonyl (C=O) groups excluding carboxylic acids is 2. The minimum Gasteiger partial charge on any atom is -0.461 e. The number of hydrogen-bond acceptors (Lipinski definition) is 4. The smallest absolute Gasteiger partial charge is 0.354 e. The van der Waals surface area contributed by atoms with Crippen molar-refractivity contribution in [2.75, 3.05) is 18.1 Å². The topological polar surface area (TPSA) is 88.4 Å². The van der Waals surface area contributed by atoms with E-state index in [1.165, 1.54) is 0 Å². The normalized spacial score (nSPS) is 18.4. The molecule has 1 aliphatic heterocycles. The molecule has 2 aromatic carbocycles. The number of primary amides is 1. The Bertz CT molecular complexity index is 1020. The van der Waals surface area contributed by atoms with E-state index in [4.69, 9.17) is 10.5 Å². The van der Waals surface area contributed by atoms with Crippen LogP contribution >= 0.6 is 12.4 Å². The van der Waals surface area contributed by atoms with E-state index in [2.05, 4.69) is 9.88 Å². The van der Waals surface area contributed by atoms with Gasteiger partial charge in [-0.2, -0.15) is 0 Å². The number of nitrogens with one attached hydrogen (secondary N) is 1. The van der Waals surface area contributed by atoms with Gasteiger partial charge in [-0.25, -0.2) is 4.79 Å². The standard InChI is InChI=1S/C22H23N3O3.ClH/c1-2-28-22(27)19-13-15-12-16(8-9-18(15)24-19)25-11-10-17(20(25)21(23)26)14-6-4-3-5-7-14;/h3-9,12-13,17,20,24H,2,10-11H2,1H3,(H2,23,26);1H. The number of esters is 1. The molecule has 4 rings (SSSR count). The van der Waals surface area contributed by atoms with Gasteiger partial charge in [0, 0.05) is 29.1 Å². The van der Waals surface area contributed by atoms with Crippen molar-refractivity contribution in [3.8, 4) is 0 Å². The fraction of sp³-hybridized carbons (Fsp3) is 0.273. The number of nitrogens with two attached hydrogens (primary N) is 1. The number of aromatic amines is 1. The lowest BCUT2D eigenvalue weighted by molar-refractivity contribution is -0.119. The number of rotatable bonds is 5. The summed E-state index contributed by atoms with van der Waals surface area (Å²) < 4.78 is 5.06. The predicted octanol–water partition coefficient (Wildman–Crippen LogP) is 3.61. The molecule has 152 valence electrons. The minimum absolute atomic E-state index is 0. The van der Waals surface area contributed by atoms with Gasteiger partial charge in [0.2, 0.25) is 5.91 Å². The molecule has 2 atom stereocenters. The van der Waals surface area contributed by atoms with E-state index in [0.717, 1.165) is 35.1 Å². The van der Waals surface area contributed by atoms with Crippen LogP contribution in [0, 0.1) is 0 Å². The fourth-order valence-electron chi connectivity index (χ4n) is 4.10. The van der Waals surface area contributed by atoms with E-state index in [1.54, 1.807) is 13.0 Å². The van der Waals surface area contributed by atoms with Gasteiger partial charge in [-0.15, -0.1) is 12.4 Å². The summed E-state index contributed by atoms with van der Waals surface area (Å²) in [6.07, 6.45) is 0.858. The maximum atomic E-state index is 12.3. The van der Waals surface area contributed by atoms with Crippen molar-refractivity contribution in [3.05, 3.63) is 65.9 Å². The van der Waals surface area contributed by atoms with Gasteiger partial charge >= 0.3 is 5.97 Å². The van der Waals surface area contributed by atoms with Crippen molar-refractivity contribution in [3.63, 3.8) is 0 Å². The maximum absolute atomic E-state index is 12.3. The third kappa shape index (κ3) is 3.93. The molecule has 0 aliphatic carbocycles. The minimum atomic E-state index is -0.400. The number of anilines is 1. The van der Waals surface area contributed by atoms with Crippen LogP contribution in [0.15, 0.2) is 54.6 Å². The summed E-state index contributed by atoms with van der Waals surface area (Å²) in [5.74, 6) is -0.635. The number of benzene rings is 2. The van der Waals surface area contributed by atoms with Crippen molar-refractivity contribution < 1.29 is 14.3 Å². The second-order valence-electron chi connectivity index (χ2n) is 7.02. The van der Waals surface area contributed by atoms with Gasteiger partial charge in [0.1, 0.15) is 11.7 Å². The lowest BCUT2D eigenvalue weighted by Crippen LogP contribution is -2.43. The highest BCUT2D eigenvalue weighted by Crippen LogP contribution is 2.37. The molecule has 2 heterocycles. The second kappa shape index (κ2) is 8.57. The van der Waals surface area contributed by atoms with Crippen LogP contribution in [0.2, 0.25) is 0 Å². The quantitative estimate of drug-likeness (QED) is 0.625. The lowest BCUT2D eigenvalue weighted by Gasteiger charge is -2.27. The van der Waals surface area contributed by atoms with Gasteiger partial charge < -0.3 is 20.4 Å². The van der Waals surface area contributed by atoms with Crippen LogP contribution in [-0.4, -0.2) is 36.1 Å². The molecular formula is C22H24ClN3O3. The van der Waals surface area contributed by atoms with Crippen molar-refractivity contribution in [1.82, 2.24) is 4.98 Å². The molecule has 0 bridgehead atoms. The number of fused-ring (bicyclic) bond motifs is 1. The fourth-order valence-corrected chi connectivity index (χ4v) is 4.10. The molecule has 1 saturated heterocycles. The molecule has 2 unspecified atom stereocenters. The lowest BCUT2D eigenvalue weighted by atomic mass is 9.91. The Kier molecular flexibility index (Phi) is 6.13. The van der Waals surface area contributed by atoms with E-state index in [-0.39, 0.29) is 30.2 Å². The molecule has 1 aromatic heterocycles. The van der Waals surface area contributed by atoms with Crippen LogP contribution in [0.3, 0.4) is 0 Å². The first-order valence-electron chi connectivity index (χ1n) is 9.49. The van der Waals surface area contributed by atoms with Crippen LogP contribution in [0.25, 0.3) is 10.9 Å². The highest BCUT2D eigenvalue weighted by atomic mass is 35.5. The Morgan fingerprint density at radius 2 is 1.93 bits per heavy atom. The van der Waals surface area contributed by atoms with E-state index in [9.17, 15) is 9.59 Å². The summed E-state index contributed by atoms with van der Waals surface area (Å²) in [6, 6.07) is 17.3. The maximum Gasteiger partial charge on any atom is 0.354 e. The molecular weight excluding hydrogens is 390 g/mol. The number of halogens is 1. The van der Waals surface area contributed by atoms with Crippen molar-refractivity contribution in [2.45, 2.75) is 25.3 Å². The van der Waals surface area contributed by atoms with Crippen LogP contribution < -0.4 is 10.6 Å². The molecule has 1 aliphatic rings. The molecule has 3 aromatic rings. The number of H-pyrrole nitrogens is 1. The van der Waals surface area contributed by atoms with Gasteiger partial charge in [-0.05, 0) is 43.2 Å². The largest absolute Gasteiger partial charge is 0.461 e. The summed E-state index contributed by atoms with van der Waals surface area (Å²) in [5, 5.41) is 0.895. The number of carbonyl (C=O) groups is 2. The monoisotopic (exact) mass is 413 g/mol. The van der Waals surface area contributed by atoms with Crippen molar-refractivity contribution in [1.29, 1.82) is 0 Å². The van der Waals surface area contributed by atoms with Gasteiger partial charge in [-0.1, -0.05) is 30.3 Å². The van der Waals surface area contributed by atoms with Crippen molar-refractivity contribution >= 4 is 40.9 Å². The number of hydrogen-bond donors (Lipinski definition) is 2. The zero-order chi connectivity index (χ0) is 19.7. The summed E-state index contributed by atoms with van der Waals surface area (Å²) in [7, 11) is 0. The molecule has 3 N–H and O–H groups in total. The van der Waals surface area contributed by atoms with E-state index in [1.807, 2.05) is 48.5 Å². The first-order valence-corrected chi connectivity index (χ1v) is 9.49.